The predicted molar refractivity (Wildman–Crippen MR) is 80.6 cm³/mol. The fraction of sp³-hybridized carbons (Fsp3) is 0.375. The van der Waals surface area contributed by atoms with Gasteiger partial charge in [0.25, 0.3) is 0 Å². The van der Waals surface area contributed by atoms with E-state index in [1.807, 2.05) is 0 Å². The number of fused-ring (bicyclic) bond motifs is 1. The second-order valence-corrected chi connectivity index (χ2v) is 10.6. The monoisotopic (exact) mass is 272 g/mol. The smallest absolute Gasteiger partial charge is 0.213 e. The quantitative estimate of drug-likeness (QED) is 0.615. The van der Waals surface area contributed by atoms with Gasteiger partial charge in [0.2, 0.25) is 5.79 Å². The molecule has 2 nitrogen and oxygen atoms in total. The Hall–Kier alpha value is -1.16. The van der Waals surface area contributed by atoms with E-state index in [0.717, 1.165) is 5.56 Å². The van der Waals surface area contributed by atoms with E-state index in [2.05, 4.69) is 69.0 Å². The highest BCUT2D eigenvalue weighted by molar-refractivity contribution is 6.69. The molecule has 1 aliphatic rings. The minimum Gasteiger partial charge on any atom is -0.385 e. The van der Waals surface area contributed by atoms with E-state index in [-0.39, 0.29) is 6.10 Å². The van der Waals surface area contributed by atoms with E-state index in [4.69, 9.17) is 9.16 Å². The molecule has 2 aromatic carbocycles. The predicted octanol–water partition coefficient (Wildman–Crippen LogP) is 4.26. The van der Waals surface area contributed by atoms with Crippen LogP contribution >= 0.6 is 0 Å². The van der Waals surface area contributed by atoms with Crippen LogP contribution in [0.4, 0.5) is 0 Å². The molecule has 1 saturated heterocycles. The van der Waals surface area contributed by atoms with Gasteiger partial charge in [-0.15, -0.1) is 0 Å². The van der Waals surface area contributed by atoms with Crippen molar-refractivity contribution in [2.24, 2.45) is 0 Å². The maximum absolute atomic E-state index is 6.30. The Labute approximate surface area is 115 Å². The topological polar surface area (TPSA) is 21.8 Å². The molecule has 0 radical (unpaired) electrons. The Balaban J connectivity index is 2.03. The summed E-state index contributed by atoms with van der Waals surface area (Å²) in [6, 6.07) is 14.9. The van der Waals surface area contributed by atoms with Gasteiger partial charge >= 0.3 is 0 Å². The zero-order valence-electron chi connectivity index (χ0n) is 11.9. The summed E-state index contributed by atoms with van der Waals surface area (Å²) in [6.45, 7) is 8.67. The second kappa shape index (κ2) is 4.17. The second-order valence-electron chi connectivity index (χ2n) is 6.20. The molecule has 0 N–H and O–H groups in total. The van der Waals surface area contributed by atoms with Crippen molar-refractivity contribution in [1.29, 1.82) is 0 Å². The van der Waals surface area contributed by atoms with Crippen LogP contribution in [0.3, 0.4) is 0 Å². The van der Waals surface area contributed by atoms with Crippen molar-refractivity contribution < 1.29 is 9.16 Å². The third-order valence-electron chi connectivity index (χ3n) is 3.44. The summed E-state index contributed by atoms with van der Waals surface area (Å²) in [5, 5.41) is 2.49. The van der Waals surface area contributed by atoms with Crippen molar-refractivity contribution in [1.82, 2.24) is 0 Å². The van der Waals surface area contributed by atoms with Crippen LogP contribution in [0.1, 0.15) is 12.5 Å². The molecule has 0 saturated carbocycles. The first-order valence-corrected chi connectivity index (χ1v) is 10.2. The molecule has 0 amide bonds. The van der Waals surface area contributed by atoms with Crippen molar-refractivity contribution in [2.45, 2.75) is 38.5 Å². The van der Waals surface area contributed by atoms with Crippen LogP contribution in [-0.2, 0) is 14.9 Å². The highest BCUT2D eigenvalue weighted by Crippen LogP contribution is 2.49. The Kier molecular flexibility index (Phi) is 2.82. The molecule has 0 bridgehead atoms. The van der Waals surface area contributed by atoms with Crippen molar-refractivity contribution in [2.75, 3.05) is 0 Å². The summed E-state index contributed by atoms with van der Waals surface area (Å²) < 4.78 is 12.1. The summed E-state index contributed by atoms with van der Waals surface area (Å²) in [6.07, 6.45) is 0.139. The third kappa shape index (κ3) is 2.34. The molecule has 1 fully saturated rings. The Morgan fingerprint density at radius 1 is 1.05 bits per heavy atom. The molecule has 3 heteroatoms. The molecule has 2 atom stereocenters. The summed E-state index contributed by atoms with van der Waals surface area (Å²) in [7, 11) is -1.65. The number of hydrogen-bond acceptors (Lipinski definition) is 2. The standard InChI is InChI=1S/C16H20O2Si/c1-12-16(17-12,18-19(2,3)4)15-10-9-13-7-5-6-8-14(13)11-15/h5-12H,1-4H3. The molecule has 0 spiro atoms. The van der Waals surface area contributed by atoms with Crippen LogP contribution in [0, 0.1) is 0 Å². The fourth-order valence-electron chi connectivity index (χ4n) is 2.56. The van der Waals surface area contributed by atoms with Gasteiger partial charge in [-0.1, -0.05) is 36.4 Å². The molecule has 1 aliphatic heterocycles. The van der Waals surface area contributed by atoms with Crippen LogP contribution < -0.4 is 0 Å². The fourth-order valence-corrected chi connectivity index (χ4v) is 3.80. The first-order chi connectivity index (χ1) is 8.91. The normalized spacial score (nSPS) is 26.6. The number of hydrogen-bond donors (Lipinski definition) is 0. The van der Waals surface area contributed by atoms with Gasteiger partial charge in [-0.2, -0.15) is 0 Å². The zero-order valence-corrected chi connectivity index (χ0v) is 12.9. The van der Waals surface area contributed by atoms with Gasteiger partial charge in [-0.3, -0.25) is 0 Å². The van der Waals surface area contributed by atoms with Crippen LogP contribution in [0.5, 0.6) is 0 Å². The molecular formula is C16H20O2Si. The minimum atomic E-state index is -1.65. The summed E-state index contributed by atoms with van der Waals surface area (Å²) in [5.74, 6) is -0.505. The van der Waals surface area contributed by atoms with Crippen LogP contribution in [0.25, 0.3) is 10.8 Å². The first-order valence-electron chi connectivity index (χ1n) is 6.78. The molecule has 2 unspecified atom stereocenters. The van der Waals surface area contributed by atoms with E-state index in [9.17, 15) is 0 Å². The van der Waals surface area contributed by atoms with Crippen LogP contribution in [0.15, 0.2) is 42.5 Å². The lowest BCUT2D eigenvalue weighted by molar-refractivity contribution is 0.0521. The van der Waals surface area contributed by atoms with E-state index < -0.39 is 14.1 Å². The lowest BCUT2D eigenvalue weighted by atomic mass is 10.0. The van der Waals surface area contributed by atoms with Gasteiger partial charge in [-0.05, 0) is 43.4 Å². The molecule has 2 aromatic rings. The maximum Gasteiger partial charge on any atom is 0.213 e. The first kappa shape index (κ1) is 12.8. The van der Waals surface area contributed by atoms with Crippen molar-refractivity contribution in [3.05, 3.63) is 48.0 Å². The largest absolute Gasteiger partial charge is 0.385 e. The molecule has 100 valence electrons. The highest BCUT2D eigenvalue weighted by Gasteiger charge is 2.58. The molecular weight excluding hydrogens is 252 g/mol. The Morgan fingerprint density at radius 3 is 2.26 bits per heavy atom. The Bertz CT molecular complexity index is 617. The number of rotatable bonds is 3. The van der Waals surface area contributed by atoms with Crippen LogP contribution in [0.2, 0.25) is 19.6 Å². The van der Waals surface area contributed by atoms with Gasteiger partial charge in [0.1, 0.15) is 6.10 Å². The molecule has 19 heavy (non-hydrogen) atoms. The maximum atomic E-state index is 6.30. The zero-order chi connectivity index (χ0) is 13.7. The molecule has 1 heterocycles. The molecule has 0 aliphatic carbocycles. The number of ether oxygens (including phenoxy) is 1. The summed E-state index contributed by atoms with van der Waals surface area (Å²) >= 11 is 0. The van der Waals surface area contributed by atoms with Gasteiger partial charge in [0.05, 0.1) is 0 Å². The van der Waals surface area contributed by atoms with Crippen molar-refractivity contribution >= 4 is 19.1 Å². The van der Waals surface area contributed by atoms with Gasteiger partial charge in [0, 0.05) is 5.56 Å². The molecule has 3 rings (SSSR count). The highest BCUT2D eigenvalue weighted by atomic mass is 28.4. The minimum absolute atomic E-state index is 0.139. The average Bonchev–Trinajstić information content (AvgIpc) is 2.97. The average molecular weight is 272 g/mol. The summed E-state index contributed by atoms with van der Waals surface area (Å²) in [4.78, 5) is 0. The van der Waals surface area contributed by atoms with Crippen molar-refractivity contribution in [3.63, 3.8) is 0 Å². The SMILES string of the molecule is CC1OC1(O[Si](C)(C)C)c1ccc2ccccc2c1. The van der Waals surface area contributed by atoms with Gasteiger partial charge in [-0.25, -0.2) is 0 Å². The Morgan fingerprint density at radius 2 is 1.68 bits per heavy atom. The van der Waals surface area contributed by atoms with E-state index in [1.54, 1.807) is 0 Å². The third-order valence-corrected chi connectivity index (χ3v) is 4.36. The summed E-state index contributed by atoms with van der Waals surface area (Å²) in [5.41, 5.74) is 1.14. The van der Waals surface area contributed by atoms with Gasteiger partial charge in [0.15, 0.2) is 8.32 Å². The van der Waals surface area contributed by atoms with E-state index in [1.165, 1.54) is 10.8 Å². The number of epoxide rings is 1. The van der Waals surface area contributed by atoms with E-state index in [0.29, 0.717) is 0 Å². The molecule has 0 aromatic heterocycles. The van der Waals surface area contributed by atoms with Crippen molar-refractivity contribution in [3.8, 4) is 0 Å². The van der Waals surface area contributed by atoms with Crippen LogP contribution in [-0.4, -0.2) is 14.4 Å². The lowest BCUT2D eigenvalue weighted by Gasteiger charge is -2.24. The van der Waals surface area contributed by atoms with E-state index >= 15 is 0 Å². The van der Waals surface area contributed by atoms with Gasteiger partial charge < -0.3 is 9.16 Å². The number of benzene rings is 2. The lowest BCUT2D eigenvalue weighted by Crippen LogP contribution is -2.34.